The van der Waals surface area contributed by atoms with E-state index in [0.717, 1.165) is 30.7 Å². The molecule has 1 atom stereocenters. The highest BCUT2D eigenvalue weighted by atomic mass is 19.1. The average Bonchev–Trinajstić information content (AvgIpc) is 2.98. The van der Waals surface area contributed by atoms with Gasteiger partial charge >= 0.3 is 0 Å². The Morgan fingerprint density at radius 3 is 2.76 bits per heavy atom. The molecule has 1 unspecified atom stereocenters. The van der Waals surface area contributed by atoms with Gasteiger partial charge in [-0.1, -0.05) is 43.3 Å². The van der Waals surface area contributed by atoms with Gasteiger partial charge in [0.25, 0.3) is 0 Å². The number of nitrogens with one attached hydrogen (secondary N) is 1. The summed E-state index contributed by atoms with van der Waals surface area (Å²) in [5, 5.41) is 3.45. The molecule has 0 bridgehead atoms. The minimum atomic E-state index is -0.179. The van der Waals surface area contributed by atoms with Crippen LogP contribution >= 0.6 is 0 Å². The summed E-state index contributed by atoms with van der Waals surface area (Å²) in [6, 6.07) is 12.9. The largest absolute Gasteiger partial charge is 0.493 e. The number of halogens is 1. The first kappa shape index (κ1) is 14.1. The Morgan fingerprint density at radius 2 is 1.95 bits per heavy atom. The summed E-state index contributed by atoms with van der Waals surface area (Å²) in [6.07, 6.45) is 1.93. The number of ether oxygens (including phenoxy) is 1. The molecule has 2 nitrogen and oxygen atoms in total. The van der Waals surface area contributed by atoms with E-state index in [2.05, 4.69) is 18.3 Å². The fourth-order valence-electron chi connectivity index (χ4n) is 2.85. The van der Waals surface area contributed by atoms with E-state index in [1.54, 1.807) is 6.07 Å². The molecule has 0 saturated heterocycles. The van der Waals surface area contributed by atoms with Gasteiger partial charge in [0.1, 0.15) is 11.6 Å². The van der Waals surface area contributed by atoms with Gasteiger partial charge in [-0.05, 0) is 24.6 Å². The van der Waals surface area contributed by atoms with Crippen LogP contribution in [0.2, 0.25) is 0 Å². The summed E-state index contributed by atoms with van der Waals surface area (Å²) >= 11 is 0. The molecule has 1 aliphatic rings. The smallest absolute Gasteiger partial charge is 0.128 e. The van der Waals surface area contributed by atoms with Crippen LogP contribution in [-0.2, 0) is 6.42 Å². The van der Waals surface area contributed by atoms with Crippen molar-refractivity contribution in [2.24, 2.45) is 0 Å². The predicted octanol–water partition coefficient (Wildman–Crippen LogP) is 3.85. The Morgan fingerprint density at radius 1 is 1.14 bits per heavy atom. The van der Waals surface area contributed by atoms with Gasteiger partial charge in [0.2, 0.25) is 0 Å². The van der Waals surface area contributed by atoms with Crippen LogP contribution in [0.15, 0.2) is 42.5 Å². The van der Waals surface area contributed by atoms with Crippen molar-refractivity contribution in [1.29, 1.82) is 0 Å². The summed E-state index contributed by atoms with van der Waals surface area (Å²) in [6.45, 7) is 3.66. The zero-order chi connectivity index (χ0) is 14.7. The molecule has 0 aliphatic carbocycles. The lowest BCUT2D eigenvalue weighted by molar-refractivity contribution is 0.350. The number of rotatable bonds is 5. The van der Waals surface area contributed by atoms with Crippen LogP contribution < -0.4 is 10.1 Å². The van der Waals surface area contributed by atoms with E-state index in [1.165, 1.54) is 11.6 Å². The molecule has 0 amide bonds. The van der Waals surface area contributed by atoms with Gasteiger partial charge in [0.05, 0.1) is 12.6 Å². The Hall–Kier alpha value is -1.87. The highest BCUT2D eigenvalue weighted by molar-refractivity contribution is 5.48. The van der Waals surface area contributed by atoms with E-state index in [1.807, 2.05) is 24.3 Å². The Bertz CT molecular complexity index is 626. The maximum Gasteiger partial charge on any atom is 0.128 e. The van der Waals surface area contributed by atoms with Crippen LogP contribution in [0.5, 0.6) is 5.75 Å². The van der Waals surface area contributed by atoms with Crippen LogP contribution in [0.3, 0.4) is 0 Å². The molecule has 0 saturated carbocycles. The molecule has 110 valence electrons. The fourth-order valence-corrected chi connectivity index (χ4v) is 2.85. The average molecular weight is 285 g/mol. The van der Waals surface area contributed by atoms with Crippen molar-refractivity contribution in [2.75, 3.05) is 13.2 Å². The number of fused-ring (bicyclic) bond motifs is 1. The number of para-hydroxylation sites is 1. The summed E-state index contributed by atoms with van der Waals surface area (Å²) in [7, 11) is 0. The molecule has 1 N–H and O–H groups in total. The molecule has 3 heteroatoms. The summed E-state index contributed by atoms with van der Waals surface area (Å²) < 4.78 is 20.0. The molecule has 0 fully saturated rings. The number of hydrogen-bond donors (Lipinski definition) is 1. The molecule has 1 aliphatic heterocycles. The lowest BCUT2D eigenvalue weighted by Gasteiger charge is -2.22. The second-order valence-corrected chi connectivity index (χ2v) is 5.34. The molecule has 0 spiro atoms. The molecular formula is C18H20FNO. The van der Waals surface area contributed by atoms with E-state index in [9.17, 15) is 4.39 Å². The minimum Gasteiger partial charge on any atom is -0.493 e. The van der Waals surface area contributed by atoms with Gasteiger partial charge in [-0.3, -0.25) is 0 Å². The number of hydrogen-bond acceptors (Lipinski definition) is 2. The van der Waals surface area contributed by atoms with Gasteiger partial charge < -0.3 is 10.1 Å². The van der Waals surface area contributed by atoms with Crippen LogP contribution in [-0.4, -0.2) is 13.2 Å². The predicted molar refractivity (Wildman–Crippen MR) is 82.2 cm³/mol. The summed E-state index contributed by atoms with van der Waals surface area (Å²) in [5.41, 5.74) is 2.92. The first-order chi connectivity index (χ1) is 10.3. The van der Waals surface area contributed by atoms with Crippen molar-refractivity contribution in [1.82, 2.24) is 5.32 Å². The summed E-state index contributed by atoms with van der Waals surface area (Å²) in [5.74, 6) is 0.746. The number of benzene rings is 2. The van der Waals surface area contributed by atoms with Crippen molar-refractivity contribution < 1.29 is 9.13 Å². The molecule has 0 radical (unpaired) electrons. The van der Waals surface area contributed by atoms with Gasteiger partial charge in [-0.25, -0.2) is 4.39 Å². The highest BCUT2D eigenvalue weighted by Crippen LogP contribution is 2.36. The Balaban J connectivity index is 2.04. The molecule has 2 aromatic carbocycles. The van der Waals surface area contributed by atoms with Crippen LogP contribution in [0.25, 0.3) is 0 Å². The van der Waals surface area contributed by atoms with E-state index in [4.69, 9.17) is 4.74 Å². The summed E-state index contributed by atoms with van der Waals surface area (Å²) in [4.78, 5) is 0. The third kappa shape index (κ3) is 2.79. The molecule has 3 rings (SSSR count). The first-order valence-electron chi connectivity index (χ1n) is 7.53. The third-order valence-corrected chi connectivity index (χ3v) is 3.87. The molecule has 2 aromatic rings. The Labute approximate surface area is 125 Å². The monoisotopic (exact) mass is 285 g/mol. The van der Waals surface area contributed by atoms with Crippen molar-refractivity contribution >= 4 is 0 Å². The quantitative estimate of drug-likeness (QED) is 0.901. The normalized spacial score (nSPS) is 14.6. The van der Waals surface area contributed by atoms with E-state index < -0.39 is 0 Å². The van der Waals surface area contributed by atoms with Gasteiger partial charge in [0.15, 0.2) is 0 Å². The third-order valence-electron chi connectivity index (χ3n) is 3.87. The standard InChI is InChI=1S/C18H20FNO/c1-2-11-20-17(14-7-3-4-9-16(14)19)15-8-5-6-13-10-12-21-18(13)15/h3-9,17,20H,2,10-12H2,1H3. The van der Waals surface area contributed by atoms with Gasteiger partial charge in [-0.15, -0.1) is 0 Å². The highest BCUT2D eigenvalue weighted by Gasteiger charge is 2.24. The second kappa shape index (κ2) is 6.27. The Kier molecular flexibility index (Phi) is 4.20. The van der Waals surface area contributed by atoms with Crippen LogP contribution in [0, 0.1) is 5.82 Å². The van der Waals surface area contributed by atoms with Crippen molar-refractivity contribution in [3.05, 3.63) is 65.0 Å². The zero-order valence-corrected chi connectivity index (χ0v) is 12.2. The van der Waals surface area contributed by atoms with Gasteiger partial charge in [-0.2, -0.15) is 0 Å². The minimum absolute atomic E-state index is 0.167. The molecule has 0 aromatic heterocycles. The van der Waals surface area contributed by atoms with Crippen LogP contribution in [0.4, 0.5) is 4.39 Å². The van der Waals surface area contributed by atoms with Crippen LogP contribution in [0.1, 0.15) is 36.1 Å². The van der Waals surface area contributed by atoms with E-state index >= 15 is 0 Å². The SMILES string of the molecule is CCCNC(c1ccccc1F)c1cccc2c1OCC2. The van der Waals surface area contributed by atoms with Crippen molar-refractivity contribution in [2.45, 2.75) is 25.8 Å². The zero-order valence-electron chi connectivity index (χ0n) is 12.2. The van der Waals surface area contributed by atoms with Gasteiger partial charge in [0, 0.05) is 17.5 Å². The lowest BCUT2D eigenvalue weighted by atomic mass is 9.95. The van der Waals surface area contributed by atoms with Crippen molar-refractivity contribution in [3.8, 4) is 5.75 Å². The maximum absolute atomic E-state index is 14.2. The fraction of sp³-hybridized carbons (Fsp3) is 0.333. The maximum atomic E-state index is 14.2. The van der Waals surface area contributed by atoms with E-state index in [-0.39, 0.29) is 11.9 Å². The lowest BCUT2D eigenvalue weighted by Crippen LogP contribution is -2.24. The van der Waals surface area contributed by atoms with Crippen molar-refractivity contribution in [3.63, 3.8) is 0 Å². The first-order valence-corrected chi connectivity index (χ1v) is 7.53. The molecular weight excluding hydrogens is 265 g/mol. The van der Waals surface area contributed by atoms with E-state index in [0.29, 0.717) is 12.2 Å². The second-order valence-electron chi connectivity index (χ2n) is 5.34. The topological polar surface area (TPSA) is 21.3 Å². The molecule has 21 heavy (non-hydrogen) atoms. The molecule has 1 heterocycles.